The summed E-state index contributed by atoms with van der Waals surface area (Å²) in [5.74, 6) is 0.509. The van der Waals surface area contributed by atoms with Gasteiger partial charge in [0.1, 0.15) is 0 Å². The molecule has 1 N–H and O–H groups in total. The Morgan fingerprint density at radius 1 is 1.36 bits per heavy atom. The van der Waals surface area contributed by atoms with E-state index in [4.69, 9.17) is 0 Å². The first kappa shape index (κ1) is 17.0. The second-order valence-electron chi connectivity index (χ2n) is 6.18. The van der Waals surface area contributed by atoms with Gasteiger partial charge in [0.25, 0.3) is 0 Å². The maximum absolute atomic E-state index is 12.2. The van der Waals surface area contributed by atoms with E-state index in [-0.39, 0.29) is 24.4 Å². The monoisotopic (exact) mass is 339 g/mol. The van der Waals surface area contributed by atoms with Crippen molar-refractivity contribution in [2.75, 3.05) is 13.1 Å². The van der Waals surface area contributed by atoms with Crippen LogP contribution in [-0.4, -0.2) is 44.8 Å². The van der Waals surface area contributed by atoms with Crippen LogP contribution < -0.4 is 5.32 Å². The molecule has 7 heteroatoms. The van der Waals surface area contributed by atoms with Gasteiger partial charge in [0.2, 0.25) is 11.8 Å². The van der Waals surface area contributed by atoms with E-state index in [1.165, 1.54) is 0 Å². The highest BCUT2D eigenvalue weighted by molar-refractivity contribution is 5.86. The molecule has 1 saturated heterocycles. The number of hydrogen-bond acceptors (Lipinski definition) is 5. The molecular formula is C18H21N5O2. The Balaban J connectivity index is 1.66. The van der Waals surface area contributed by atoms with E-state index in [1.54, 1.807) is 23.5 Å². The van der Waals surface area contributed by atoms with E-state index in [2.05, 4.69) is 20.3 Å². The molecule has 130 valence electrons. The Bertz CT molecular complexity index is 778. The zero-order valence-corrected chi connectivity index (χ0v) is 14.4. The molecule has 0 spiro atoms. The maximum atomic E-state index is 12.2. The predicted molar refractivity (Wildman–Crippen MR) is 92.4 cm³/mol. The summed E-state index contributed by atoms with van der Waals surface area (Å²) in [5, 5.41) is 2.92. The quantitative estimate of drug-likeness (QED) is 0.895. The van der Waals surface area contributed by atoms with E-state index >= 15 is 0 Å². The summed E-state index contributed by atoms with van der Waals surface area (Å²) in [6.07, 6.45) is 6.50. The van der Waals surface area contributed by atoms with E-state index in [1.807, 2.05) is 26.0 Å². The van der Waals surface area contributed by atoms with E-state index in [0.29, 0.717) is 18.8 Å². The molecule has 0 unspecified atom stereocenters. The third-order valence-corrected chi connectivity index (χ3v) is 4.31. The average molecular weight is 339 g/mol. The van der Waals surface area contributed by atoms with Gasteiger partial charge in [-0.05, 0) is 32.4 Å². The molecule has 1 atom stereocenters. The number of aromatic nitrogens is 3. The zero-order chi connectivity index (χ0) is 17.8. The van der Waals surface area contributed by atoms with E-state index < -0.39 is 0 Å². The molecule has 0 aromatic carbocycles. The smallest absolute Gasteiger partial charge is 0.240 e. The van der Waals surface area contributed by atoms with Crippen LogP contribution in [0.4, 0.5) is 0 Å². The molecule has 0 aliphatic carbocycles. The summed E-state index contributed by atoms with van der Waals surface area (Å²) >= 11 is 0. The Labute approximate surface area is 146 Å². The van der Waals surface area contributed by atoms with Crippen LogP contribution >= 0.6 is 0 Å². The molecule has 2 aromatic rings. The van der Waals surface area contributed by atoms with Gasteiger partial charge in [0.15, 0.2) is 5.82 Å². The highest BCUT2D eigenvalue weighted by atomic mass is 16.2. The van der Waals surface area contributed by atoms with Crippen LogP contribution in [0.3, 0.4) is 0 Å². The molecule has 2 aromatic heterocycles. The van der Waals surface area contributed by atoms with Crippen molar-refractivity contribution in [1.29, 1.82) is 0 Å². The lowest BCUT2D eigenvalue weighted by atomic mass is 10.1. The molecule has 3 heterocycles. The van der Waals surface area contributed by atoms with E-state index in [0.717, 1.165) is 23.2 Å². The number of rotatable bonds is 5. The van der Waals surface area contributed by atoms with Gasteiger partial charge >= 0.3 is 0 Å². The van der Waals surface area contributed by atoms with Gasteiger partial charge in [-0.3, -0.25) is 14.6 Å². The molecule has 25 heavy (non-hydrogen) atoms. The summed E-state index contributed by atoms with van der Waals surface area (Å²) in [6.45, 7) is 4.55. The van der Waals surface area contributed by atoms with Crippen molar-refractivity contribution >= 4 is 11.8 Å². The lowest BCUT2D eigenvalue weighted by Gasteiger charge is -2.19. The fourth-order valence-corrected chi connectivity index (χ4v) is 2.95. The first-order valence-corrected chi connectivity index (χ1v) is 8.35. The summed E-state index contributed by atoms with van der Waals surface area (Å²) in [4.78, 5) is 38.3. The van der Waals surface area contributed by atoms with Crippen molar-refractivity contribution in [3.8, 4) is 11.4 Å². The van der Waals surface area contributed by atoms with Crippen LogP contribution in [0.1, 0.15) is 37.1 Å². The van der Waals surface area contributed by atoms with Gasteiger partial charge in [0, 0.05) is 48.4 Å². The molecule has 2 amide bonds. The lowest BCUT2D eigenvalue weighted by molar-refractivity contribution is -0.133. The number of nitrogens with zero attached hydrogens (tertiary/aromatic N) is 4. The van der Waals surface area contributed by atoms with Gasteiger partial charge < -0.3 is 10.2 Å². The third kappa shape index (κ3) is 3.99. The highest BCUT2D eigenvalue weighted by Gasteiger charge is 2.23. The number of likely N-dealkylation sites (tertiary alicyclic amines) is 1. The second-order valence-corrected chi connectivity index (χ2v) is 6.18. The minimum absolute atomic E-state index is 0.0454. The molecule has 3 rings (SSSR count). The molecule has 0 bridgehead atoms. The van der Waals surface area contributed by atoms with E-state index in [9.17, 15) is 9.59 Å². The summed E-state index contributed by atoms with van der Waals surface area (Å²) < 4.78 is 0. The Kier molecular flexibility index (Phi) is 5.02. The molecule has 1 aliphatic rings. The standard InChI is InChI=1S/C18H21N5O2/c1-12(21-16(24)11-23-9-3-4-17(23)25)15-10-20-18(22-13(15)2)14-5-7-19-8-6-14/h5-8,10,12H,3-4,9,11H2,1-2H3,(H,21,24)/t12-/m0/s1. The van der Waals surface area contributed by atoms with Crippen LogP contribution in [0.2, 0.25) is 0 Å². The number of amides is 2. The topological polar surface area (TPSA) is 88.1 Å². The normalized spacial score (nSPS) is 15.3. The molecule has 0 saturated carbocycles. The lowest BCUT2D eigenvalue weighted by Crippen LogP contribution is -2.39. The molecule has 0 radical (unpaired) electrons. The van der Waals surface area contributed by atoms with Crippen LogP contribution in [0.15, 0.2) is 30.7 Å². The van der Waals surface area contributed by atoms with Crippen LogP contribution in [0.25, 0.3) is 11.4 Å². The molecular weight excluding hydrogens is 318 g/mol. The Hall–Kier alpha value is -2.83. The number of carbonyl (C=O) groups excluding carboxylic acids is 2. The summed E-state index contributed by atoms with van der Waals surface area (Å²) in [7, 11) is 0. The maximum Gasteiger partial charge on any atom is 0.240 e. The SMILES string of the molecule is Cc1nc(-c2ccncc2)ncc1[C@H](C)NC(=O)CN1CCCC1=O. The predicted octanol–water partition coefficient (Wildman–Crippen LogP) is 1.65. The minimum atomic E-state index is -0.225. The fraction of sp³-hybridized carbons (Fsp3) is 0.389. The van der Waals surface area contributed by atoms with Crippen molar-refractivity contribution < 1.29 is 9.59 Å². The minimum Gasteiger partial charge on any atom is -0.348 e. The second kappa shape index (κ2) is 7.38. The largest absolute Gasteiger partial charge is 0.348 e. The first-order chi connectivity index (χ1) is 12.0. The zero-order valence-electron chi connectivity index (χ0n) is 14.4. The van der Waals surface area contributed by atoms with Crippen LogP contribution in [-0.2, 0) is 9.59 Å². The number of hydrogen-bond donors (Lipinski definition) is 1. The van der Waals surface area contributed by atoms with Crippen molar-refractivity contribution in [2.45, 2.75) is 32.7 Å². The first-order valence-electron chi connectivity index (χ1n) is 8.35. The highest BCUT2D eigenvalue weighted by Crippen LogP contribution is 2.19. The number of pyridine rings is 1. The number of nitrogens with one attached hydrogen (secondary N) is 1. The van der Waals surface area contributed by atoms with Crippen molar-refractivity contribution in [3.05, 3.63) is 42.0 Å². The Morgan fingerprint density at radius 2 is 2.12 bits per heavy atom. The number of carbonyl (C=O) groups is 2. The van der Waals surface area contributed by atoms with Gasteiger partial charge in [-0.25, -0.2) is 9.97 Å². The van der Waals surface area contributed by atoms with Crippen LogP contribution in [0, 0.1) is 6.92 Å². The van der Waals surface area contributed by atoms with Gasteiger partial charge in [0.05, 0.1) is 12.6 Å². The Morgan fingerprint density at radius 3 is 2.76 bits per heavy atom. The van der Waals surface area contributed by atoms with Gasteiger partial charge in [-0.15, -0.1) is 0 Å². The third-order valence-electron chi connectivity index (χ3n) is 4.31. The van der Waals surface area contributed by atoms with Crippen molar-refractivity contribution in [1.82, 2.24) is 25.2 Å². The molecule has 1 aliphatic heterocycles. The molecule has 1 fully saturated rings. The van der Waals surface area contributed by atoms with Crippen LogP contribution in [0.5, 0.6) is 0 Å². The van der Waals surface area contributed by atoms with Gasteiger partial charge in [-0.1, -0.05) is 0 Å². The van der Waals surface area contributed by atoms with Crippen molar-refractivity contribution in [2.24, 2.45) is 0 Å². The fourth-order valence-electron chi connectivity index (χ4n) is 2.95. The number of aryl methyl sites for hydroxylation is 1. The summed E-state index contributed by atoms with van der Waals surface area (Å²) in [5.41, 5.74) is 2.57. The van der Waals surface area contributed by atoms with Crippen molar-refractivity contribution in [3.63, 3.8) is 0 Å². The average Bonchev–Trinajstić information content (AvgIpc) is 3.00. The molecule has 7 nitrogen and oxygen atoms in total. The summed E-state index contributed by atoms with van der Waals surface area (Å²) in [6, 6.07) is 3.48. The van der Waals surface area contributed by atoms with Gasteiger partial charge in [-0.2, -0.15) is 0 Å².